The molecule has 150 valence electrons. The van der Waals surface area contributed by atoms with Crippen LogP contribution >= 0.6 is 0 Å². The summed E-state index contributed by atoms with van der Waals surface area (Å²) >= 11 is 0. The molecule has 0 saturated carbocycles. The second-order valence-electron chi connectivity index (χ2n) is 7.47. The lowest BCUT2D eigenvalue weighted by Crippen LogP contribution is -2.43. The fourth-order valence-electron chi connectivity index (χ4n) is 3.89. The number of pyridine rings is 1. The Bertz CT molecular complexity index is 766. The van der Waals surface area contributed by atoms with Crippen LogP contribution < -0.4 is 0 Å². The monoisotopic (exact) mass is 383 g/mol. The van der Waals surface area contributed by atoms with Crippen molar-refractivity contribution in [3.63, 3.8) is 0 Å². The summed E-state index contributed by atoms with van der Waals surface area (Å²) in [7, 11) is 0. The van der Waals surface area contributed by atoms with Crippen LogP contribution in [0.5, 0.6) is 0 Å². The van der Waals surface area contributed by atoms with Crippen molar-refractivity contribution in [3.05, 3.63) is 65.2 Å². The average Bonchev–Trinajstić information content (AvgIpc) is 2.71. The number of carbonyl (C=O) groups is 1. The van der Waals surface area contributed by atoms with E-state index in [-0.39, 0.29) is 11.7 Å². The smallest absolute Gasteiger partial charge is 0.236 e. The highest BCUT2D eigenvalue weighted by Crippen LogP contribution is 2.27. The fraction of sp³-hybridized carbons (Fsp3) is 0.478. The number of aromatic nitrogens is 1. The van der Waals surface area contributed by atoms with E-state index < -0.39 is 0 Å². The zero-order chi connectivity index (χ0) is 19.9. The molecule has 1 aromatic carbocycles. The number of hydrogen-bond donors (Lipinski definition) is 0. The number of carbonyl (C=O) groups excluding carboxylic acids is 1. The van der Waals surface area contributed by atoms with Gasteiger partial charge in [0.15, 0.2) is 0 Å². The molecule has 0 bridgehead atoms. The topological polar surface area (TPSA) is 36.4 Å². The molecule has 1 aliphatic heterocycles. The van der Waals surface area contributed by atoms with Gasteiger partial charge in [-0.1, -0.05) is 18.2 Å². The third kappa shape index (κ3) is 5.38. The molecule has 1 aromatic heterocycles. The van der Waals surface area contributed by atoms with Gasteiger partial charge in [0.05, 0.1) is 6.54 Å². The molecular weight excluding hydrogens is 353 g/mol. The van der Waals surface area contributed by atoms with Gasteiger partial charge in [0.1, 0.15) is 5.82 Å². The van der Waals surface area contributed by atoms with Crippen LogP contribution in [0.4, 0.5) is 4.39 Å². The first-order valence-electron chi connectivity index (χ1n) is 10.3. The number of halogens is 1. The van der Waals surface area contributed by atoms with E-state index in [4.69, 9.17) is 4.98 Å². The molecule has 0 radical (unpaired) electrons. The number of nitrogens with zero attached hydrogens (tertiary/aromatic N) is 3. The number of likely N-dealkylation sites (tertiary alicyclic amines) is 1. The summed E-state index contributed by atoms with van der Waals surface area (Å²) in [6.07, 6.45) is 2.77. The SMILES string of the molecule is CCN(CC)C(=O)CN1CCC(c2cccc(Cc3ccc(F)cc3)n2)CC1. The third-order valence-corrected chi connectivity index (χ3v) is 5.61. The Balaban J connectivity index is 1.55. The summed E-state index contributed by atoms with van der Waals surface area (Å²) in [6, 6.07) is 12.8. The van der Waals surface area contributed by atoms with Crippen LogP contribution in [-0.4, -0.2) is 53.4 Å². The van der Waals surface area contributed by atoms with E-state index in [2.05, 4.69) is 17.0 Å². The molecule has 5 heteroatoms. The molecule has 3 rings (SSSR count). The first-order valence-corrected chi connectivity index (χ1v) is 10.3. The van der Waals surface area contributed by atoms with Gasteiger partial charge in [0.2, 0.25) is 5.91 Å². The first-order chi connectivity index (χ1) is 13.6. The number of benzene rings is 1. The summed E-state index contributed by atoms with van der Waals surface area (Å²) in [4.78, 5) is 21.3. The minimum absolute atomic E-state index is 0.211. The minimum atomic E-state index is -0.211. The Labute approximate surface area is 167 Å². The Morgan fingerprint density at radius 2 is 1.79 bits per heavy atom. The standard InChI is InChI=1S/C23H30FN3O/c1-3-27(4-2)23(28)17-26-14-12-19(13-15-26)22-7-5-6-21(25-22)16-18-8-10-20(24)11-9-18/h5-11,19H,3-4,12-17H2,1-2H3. The van der Waals surface area contributed by atoms with Crippen molar-refractivity contribution in [3.8, 4) is 0 Å². The largest absolute Gasteiger partial charge is 0.342 e. The molecule has 2 heterocycles. The van der Waals surface area contributed by atoms with Gasteiger partial charge in [-0.25, -0.2) is 4.39 Å². The molecule has 0 aliphatic carbocycles. The zero-order valence-electron chi connectivity index (χ0n) is 16.9. The second kappa shape index (κ2) is 9.78. The highest BCUT2D eigenvalue weighted by atomic mass is 19.1. The van der Waals surface area contributed by atoms with Crippen LogP contribution in [0, 0.1) is 5.82 Å². The van der Waals surface area contributed by atoms with E-state index in [0.29, 0.717) is 18.9 Å². The van der Waals surface area contributed by atoms with E-state index in [1.165, 1.54) is 12.1 Å². The Kier molecular flexibility index (Phi) is 7.15. The summed E-state index contributed by atoms with van der Waals surface area (Å²) in [5.41, 5.74) is 3.22. The molecule has 1 aliphatic rings. The summed E-state index contributed by atoms with van der Waals surface area (Å²) in [5, 5.41) is 0. The maximum Gasteiger partial charge on any atom is 0.236 e. The maximum absolute atomic E-state index is 13.1. The Morgan fingerprint density at radius 3 is 2.43 bits per heavy atom. The second-order valence-corrected chi connectivity index (χ2v) is 7.47. The molecular formula is C23H30FN3O. The van der Waals surface area contributed by atoms with Crippen LogP contribution in [0.25, 0.3) is 0 Å². The molecule has 1 amide bonds. The van der Waals surface area contributed by atoms with Crippen molar-refractivity contribution < 1.29 is 9.18 Å². The van der Waals surface area contributed by atoms with E-state index in [9.17, 15) is 9.18 Å². The van der Waals surface area contributed by atoms with Crippen LogP contribution in [0.15, 0.2) is 42.5 Å². The Hall–Kier alpha value is -2.27. The van der Waals surface area contributed by atoms with Gasteiger partial charge in [-0.15, -0.1) is 0 Å². The molecule has 4 nitrogen and oxygen atoms in total. The fourth-order valence-corrected chi connectivity index (χ4v) is 3.89. The van der Waals surface area contributed by atoms with E-state index in [1.54, 1.807) is 0 Å². The van der Waals surface area contributed by atoms with Crippen molar-refractivity contribution in [2.24, 2.45) is 0 Å². The summed E-state index contributed by atoms with van der Waals surface area (Å²) < 4.78 is 13.1. The third-order valence-electron chi connectivity index (χ3n) is 5.61. The minimum Gasteiger partial charge on any atom is -0.342 e. The van der Waals surface area contributed by atoms with Crippen molar-refractivity contribution in [1.29, 1.82) is 0 Å². The van der Waals surface area contributed by atoms with Crippen LogP contribution in [0.2, 0.25) is 0 Å². The van der Waals surface area contributed by atoms with Gasteiger partial charge in [-0.2, -0.15) is 0 Å². The van der Waals surface area contributed by atoms with Gasteiger partial charge in [-0.3, -0.25) is 14.7 Å². The molecule has 0 spiro atoms. The van der Waals surface area contributed by atoms with E-state index >= 15 is 0 Å². The number of piperidine rings is 1. The van der Waals surface area contributed by atoms with Crippen molar-refractivity contribution in [1.82, 2.24) is 14.8 Å². The Morgan fingerprint density at radius 1 is 1.11 bits per heavy atom. The molecule has 0 N–H and O–H groups in total. The lowest BCUT2D eigenvalue weighted by molar-refractivity contribution is -0.132. The highest BCUT2D eigenvalue weighted by Gasteiger charge is 2.24. The quantitative estimate of drug-likeness (QED) is 0.728. The van der Waals surface area contributed by atoms with Crippen molar-refractivity contribution in [2.75, 3.05) is 32.7 Å². The lowest BCUT2D eigenvalue weighted by Gasteiger charge is -2.32. The first kappa shape index (κ1) is 20.5. The van der Waals surface area contributed by atoms with Crippen LogP contribution in [-0.2, 0) is 11.2 Å². The van der Waals surface area contributed by atoms with Crippen LogP contribution in [0.3, 0.4) is 0 Å². The maximum atomic E-state index is 13.1. The molecule has 0 unspecified atom stereocenters. The van der Waals surface area contributed by atoms with Crippen molar-refractivity contribution >= 4 is 5.91 Å². The molecule has 1 fully saturated rings. The number of rotatable bonds is 7. The van der Waals surface area contributed by atoms with E-state index in [0.717, 1.165) is 56.0 Å². The number of amides is 1. The molecule has 0 atom stereocenters. The summed E-state index contributed by atoms with van der Waals surface area (Å²) in [5.74, 6) is 0.451. The molecule has 1 saturated heterocycles. The van der Waals surface area contributed by atoms with Gasteiger partial charge in [0.25, 0.3) is 0 Å². The van der Waals surface area contributed by atoms with Gasteiger partial charge < -0.3 is 4.90 Å². The van der Waals surface area contributed by atoms with Crippen molar-refractivity contribution in [2.45, 2.75) is 39.0 Å². The van der Waals surface area contributed by atoms with Gasteiger partial charge >= 0.3 is 0 Å². The zero-order valence-corrected chi connectivity index (χ0v) is 16.9. The predicted octanol–water partition coefficient (Wildman–Crippen LogP) is 3.86. The van der Waals surface area contributed by atoms with Crippen LogP contribution in [0.1, 0.15) is 49.6 Å². The molecule has 28 heavy (non-hydrogen) atoms. The molecule has 2 aromatic rings. The highest BCUT2D eigenvalue weighted by molar-refractivity contribution is 5.78. The predicted molar refractivity (Wildman–Crippen MR) is 110 cm³/mol. The number of likely N-dealkylation sites (N-methyl/N-ethyl adjacent to an activating group) is 1. The van der Waals surface area contributed by atoms with Gasteiger partial charge in [-0.05, 0) is 69.6 Å². The lowest BCUT2D eigenvalue weighted by atomic mass is 9.92. The number of hydrogen-bond acceptors (Lipinski definition) is 3. The summed E-state index contributed by atoms with van der Waals surface area (Å²) in [6.45, 7) is 7.99. The van der Waals surface area contributed by atoms with E-state index in [1.807, 2.05) is 36.9 Å². The normalized spacial score (nSPS) is 15.5. The van der Waals surface area contributed by atoms with Gasteiger partial charge in [0, 0.05) is 36.8 Å². The average molecular weight is 384 g/mol.